The first kappa shape index (κ1) is 26.4. The van der Waals surface area contributed by atoms with Gasteiger partial charge in [0.15, 0.2) is 0 Å². The van der Waals surface area contributed by atoms with Gasteiger partial charge in [0.2, 0.25) is 5.91 Å². The summed E-state index contributed by atoms with van der Waals surface area (Å²) in [6.07, 6.45) is 3.76. The van der Waals surface area contributed by atoms with Crippen LogP contribution in [0.15, 0.2) is 0 Å². The number of pyridine rings is 1. The number of esters is 1. The molecule has 3 heterocycles. The summed E-state index contributed by atoms with van der Waals surface area (Å²) in [7, 11) is 1.38. The molecule has 1 saturated carbocycles. The van der Waals surface area contributed by atoms with Crippen LogP contribution in [0, 0.1) is 23.2 Å². The molecule has 36 heavy (non-hydrogen) atoms. The summed E-state index contributed by atoms with van der Waals surface area (Å²) < 4.78 is 10.9. The van der Waals surface area contributed by atoms with Crippen molar-refractivity contribution in [1.82, 2.24) is 9.88 Å². The van der Waals surface area contributed by atoms with E-state index in [0.29, 0.717) is 57.0 Å². The number of fused-ring (bicyclic) bond motifs is 1. The quantitative estimate of drug-likeness (QED) is 0.528. The molecule has 4 rings (SSSR count). The van der Waals surface area contributed by atoms with Crippen LogP contribution >= 0.6 is 0 Å². The number of hydrogen-bond acceptors (Lipinski definition) is 7. The molecule has 0 N–H and O–H groups in total. The van der Waals surface area contributed by atoms with E-state index in [2.05, 4.69) is 38.7 Å². The highest BCUT2D eigenvalue weighted by Gasteiger charge is 2.39. The van der Waals surface area contributed by atoms with Crippen LogP contribution in [0.5, 0.6) is 0 Å². The third-order valence-electron chi connectivity index (χ3n) is 7.91. The third kappa shape index (κ3) is 5.36. The Balaban J connectivity index is 1.59. The molecule has 8 nitrogen and oxygen atoms in total. The molecule has 0 aromatic carbocycles. The Kier molecular flexibility index (Phi) is 7.61. The minimum absolute atomic E-state index is 0.00760. The lowest BCUT2D eigenvalue weighted by Crippen LogP contribution is -2.57. The van der Waals surface area contributed by atoms with Crippen molar-refractivity contribution in [2.75, 3.05) is 31.6 Å². The minimum Gasteiger partial charge on any atom is -0.469 e. The summed E-state index contributed by atoms with van der Waals surface area (Å²) in [5.41, 5.74) is 3.67. The number of piperazine rings is 1. The minimum atomic E-state index is -0.315. The second kappa shape index (κ2) is 10.4. The Hall–Kier alpha value is -2.66. The van der Waals surface area contributed by atoms with Crippen LogP contribution in [-0.4, -0.2) is 60.1 Å². The molecule has 8 heteroatoms. The van der Waals surface area contributed by atoms with Crippen LogP contribution in [0.1, 0.15) is 88.6 Å². The van der Waals surface area contributed by atoms with Crippen molar-refractivity contribution in [3.63, 3.8) is 0 Å². The molecule has 0 spiro atoms. The summed E-state index contributed by atoms with van der Waals surface area (Å²) in [5, 5.41) is 10.3. The number of carbonyl (C=O) groups is 2. The van der Waals surface area contributed by atoms with Gasteiger partial charge in [0.05, 0.1) is 42.5 Å². The standard InChI is InChI=1S/C28H40N4O4/c1-17(2)23-15-31(11-12-32(23)24(33)10-7-18(3)27(34)35-6)26-21(14-29)20-13-28(4,5)36-16-22(20)25(30-26)19-8-9-19/h17-19,23H,7-13,15-16H2,1-6H3. The van der Waals surface area contributed by atoms with Crippen LogP contribution in [0.4, 0.5) is 5.82 Å². The van der Waals surface area contributed by atoms with E-state index in [0.717, 1.165) is 35.5 Å². The van der Waals surface area contributed by atoms with E-state index < -0.39 is 0 Å². The van der Waals surface area contributed by atoms with Gasteiger partial charge in [0.1, 0.15) is 11.9 Å². The van der Waals surface area contributed by atoms with Crippen molar-refractivity contribution in [2.24, 2.45) is 11.8 Å². The fourth-order valence-electron chi connectivity index (χ4n) is 5.50. The first-order chi connectivity index (χ1) is 17.1. The summed E-state index contributed by atoms with van der Waals surface area (Å²) >= 11 is 0. The molecule has 196 valence electrons. The summed E-state index contributed by atoms with van der Waals surface area (Å²) in [5.74, 6) is 0.956. The van der Waals surface area contributed by atoms with Gasteiger partial charge >= 0.3 is 5.97 Å². The number of hydrogen-bond donors (Lipinski definition) is 0. The maximum absolute atomic E-state index is 13.2. The molecule has 2 fully saturated rings. The van der Waals surface area contributed by atoms with Gasteiger partial charge in [0, 0.05) is 44.0 Å². The van der Waals surface area contributed by atoms with Gasteiger partial charge in [-0.2, -0.15) is 5.26 Å². The van der Waals surface area contributed by atoms with Crippen LogP contribution in [0.25, 0.3) is 0 Å². The Morgan fingerprint density at radius 1 is 1.22 bits per heavy atom. The molecule has 2 aliphatic heterocycles. The molecule has 1 saturated heterocycles. The lowest BCUT2D eigenvalue weighted by atomic mass is 9.87. The van der Waals surface area contributed by atoms with Gasteiger partial charge in [-0.25, -0.2) is 4.98 Å². The van der Waals surface area contributed by atoms with E-state index in [1.807, 2.05) is 4.90 Å². The molecule has 0 bridgehead atoms. The van der Waals surface area contributed by atoms with Gasteiger partial charge in [-0.3, -0.25) is 9.59 Å². The van der Waals surface area contributed by atoms with Gasteiger partial charge in [0.25, 0.3) is 0 Å². The maximum atomic E-state index is 13.2. The van der Waals surface area contributed by atoms with Crippen molar-refractivity contribution in [3.8, 4) is 6.07 Å². The molecule has 1 aromatic heterocycles. The first-order valence-electron chi connectivity index (χ1n) is 13.3. The fraction of sp³-hybridized carbons (Fsp3) is 0.714. The normalized spacial score (nSPS) is 22.1. The Morgan fingerprint density at radius 2 is 1.94 bits per heavy atom. The lowest BCUT2D eigenvalue weighted by Gasteiger charge is -2.44. The predicted molar refractivity (Wildman–Crippen MR) is 136 cm³/mol. The number of nitriles is 1. The number of carbonyl (C=O) groups excluding carboxylic acids is 2. The van der Waals surface area contributed by atoms with Crippen LogP contribution in [-0.2, 0) is 32.1 Å². The molecule has 1 aromatic rings. The zero-order chi connectivity index (χ0) is 26.2. The van der Waals surface area contributed by atoms with Crippen molar-refractivity contribution >= 4 is 17.7 Å². The molecule has 2 unspecified atom stereocenters. The number of nitrogens with zero attached hydrogens (tertiary/aromatic N) is 4. The molecule has 0 radical (unpaired) electrons. The number of aromatic nitrogens is 1. The van der Waals surface area contributed by atoms with E-state index in [-0.39, 0.29) is 35.4 Å². The molecule has 1 aliphatic carbocycles. The predicted octanol–water partition coefficient (Wildman–Crippen LogP) is 3.94. The van der Waals surface area contributed by atoms with E-state index in [9.17, 15) is 14.9 Å². The fourth-order valence-corrected chi connectivity index (χ4v) is 5.50. The second-order valence-corrected chi connectivity index (χ2v) is 11.6. The topological polar surface area (TPSA) is 95.8 Å². The second-order valence-electron chi connectivity index (χ2n) is 11.6. The number of methoxy groups -OCH3 is 1. The Morgan fingerprint density at radius 3 is 2.56 bits per heavy atom. The van der Waals surface area contributed by atoms with E-state index in [4.69, 9.17) is 14.5 Å². The number of amides is 1. The summed E-state index contributed by atoms with van der Waals surface area (Å²) in [6.45, 7) is 12.6. The first-order valence-corrected chi connectivity index (χ1v) is 13.3. The number of rotatable bonds is 7. The Bertz CT molecular complexity index is 1060. The Labute approximate surface area is 214 Å². The van der Waals surface area contributed by atoms with Crippen LogP contribution in [0.3, 0.4) is 0 Å². The smallest absolute Gasteiger partial charge is 0.308 e. The highest BCUT2D eigenvalue weighted by atomic mass is 16.5. The molecule has 2 atom stereocenters. The zero-order valence-corrected chi connectivity index (χ0v) is 22.6. The summed E-state index contributed by atoms with van der Waals surface area (Å²) in [4.78, 5) is 34.2. The van der Waals surface area contributed by atoms with Crippen LogP contribution < -0.4 is 4.90 Å². The van der Waals surface area contributed by atoms with Crippen molar-refractivity contribution in [1.29, 1.82) is 5.26 Å². The van der Waals surface area contributed by atoms with Crippen molar-refractivity contribution in [2.45, 2.75) is 90.9 Å². The van der Waals surface area contributed by atoms with E-state index >= 15 is 0 Å². The SMILES string of the molecule is COC(=O)C(C)CCC(=O)N1CCN(c2nc(C3CC3)c3c(c2C#N)CC(C)(C)OC3)CC1C(C)C. The highest BCUT2D eigenvalue weighted by molar-refractivity contribution is 5.78. The zero-order valence-electron chi connectivity index (χ0n) is 22.6. The molecule has 1 amide bonds. The van der Waals surface area contributed by atoms with E-state index in [1.165, 1.54) is 7.11 Å². The summed E-state index contributed by atoms with van der Waals surface area (Å²) in [6, 6.07) is 2.50. The lowest BCUT2D eigenvalue weighted by molar-refractivity contribution is -0.145. The van der Waals surface area contributed by atoms with Crippen molar-refractivity contribution in [3.05, 3.63) is 22.4 Å². The molecule has 3 aliphatic rings. The third-order valence-corrected chi connectivity index (χ3v) is 7.91. The molecular weight excluding hydrogens is 456 g/mol. The largest absolute Gasteiger partial charge is 0.469 e. The van der Waals surface area contributed by atoms with Gasteiger partial charge in [-0.15, -0.1) is 0 Å². The van der Waals surface area contributed by atoms with Crippen LogP contribution in [0.2, 0.25) is 0 Å². The van der Waals surface area contributed by atoms with Crippen molar-refractivity contribution < 1.29 is 19.1 Å². The number of ether oxygens (including phenoxy) is 2. The van der Waals surface area contributed by atoms with E-state index in [1.54, 1.807) is 6.92 Å². The maximum Gasteiger partial charge on any atom is 0.308 e. The van der Waals surface area contributed by atoms with Gasteiger partial charge in [-0.05, 0) is 44.6 Å². The highest BCUT2D eigenvalue weighted by Crippen LogP contribution is 2.46. The van der Waals surface area contributed by atoms with Gasteiger partial charge in [-0.1, -0.05) is 20.8 Å². The molecular formula is C28H40N4O4. The monoisotopic (exact) mass is 496 g/mol. The number of anilines is 1. The average Bonchev–Trinajstić information content (AvgIpc) is 3.69. The average molecular weight is 497 g/mol. The van der Waals surface area contributed by atoms with Gasteiger partial charge < -0.3 is 19.3 Å².